The molecule has 0 aliphatic carbocycles. The predicted octanol–water partition coefficient (Wildman–Crippen LogP) is 1.72. The van der Waals surface area contributed by atoms with Crippen LogP contribution in [0.15, 0.2) is 0 Å². The third-order valence-corrected chi connectivity index (χ3v) is 4.13. The molecule has 0 saturated carbocycles. The van der Waals surface area contributed by atoms with Gasteiger partial charge in [0, 0.05) is 51.2 Å². The first-order valence-electron chi connectivity index (χ1n) is 5.96. The van der Waals surface area contributed by atoms with E-state index < -0.39 is 4.11 Å². The summed E-state index contributed by atoms with van der Waals surface area (Å²) in [4.78, 5) is 24.3. The summed E-state index contributed by atoms with van der Waals surface area (Å²) < 4.78 is -0.626. The van der Waals surface area contributed by atoms with E-state index in [1.54, 1.807) is 50.1 Å². The number of halogens is 3. The molecule has 2 N–H and O–H groups in total. The number of rotatable bonds is 11. The molecule has 0 aromatic carbocycles. The van der Waals surface area contributed by atoms with Crippen LogP contribution in [0.3, 0.4) is 0 Å². The molecule has 19 heavy (non-hydrogen) atoms. The third-order valence-electron chi connectivity index (χ3n) is 2.62. The molecule has 0 aliphatic heterocycles. The minimum absolute atomic E-state index is 0.0208. The Balaban J connectivity index is 4.55. The quantitative estimate of drug-likeness (QED) is 0.162. The van der Waals surface area contributed by atoms with Crippen molar-refractivity contribution in [2.75, 3.05) is 26.7 Å². The van der Waals surface area contributed by atoms with Gasteiger partial charge in [-0.05, 0) is 49.0 Å². The molecule has 0 radical (unpaired) electrons. The predicted molar refractivity (Wildman–Crippen MR) is 101 cm³/mol. The Morgan fingerprint density at radius 1 is 1.21 bits per heavy atom. The van der Waals surface area contributed by atoms with Gasteiger partial charge in [0.2, 0.25) is 7.58 Å². The van der Waals surface area contributed by atoms with Crippen molar-refractivity contribution in [3.8, 4) is 0 Å². The molecule has 8 heteroatoms. The van der Waals surface area contributed by atoms with E-state index in [9.17, 15) is 14.7 Å². The molecule has 0 fully saturated rings. The molecule has 2 atom stereocenters. The fraction of sp³-hybridized carbons (Fsp3) is 0.818. The smallest absolute Gasteiger partial charge is 0.206 e. The molecular weight excluding hydrogens is 589 g/mol. The fourth-order valence-corrected chi connectivity index (χ4v) is 3.45. The zero-order valence-electron chi connectivity index (χ0n) is 10.7. The summed E-state index contributed by atoms with van der Waals surface area (Å²) in [6.07, 6.45) is 2.74. The van der Waals surface area contributed by atoms with Crippen molar-refractivity contribution in [3.63, 3.8) is 0 Å². The molecule has 0 saturated heterocycles. The van der Waals surface area contributed by atoms with Gasteiger partial charge in [-0.2, -0.15) is 0 Å². The Labute approximate surface area is 155 Å². The highest BCUT2D eigenvalue weighted by Crippen LogP contribution is 2.18. The molecule has 5 nitrogen and oxygen atoms in total. The summed E-state index contributed by atoms with van der Waals surface area (Å²) in [7, 11) is 1.90. The third kappa shape index (κ3) is 10.7. The highest BCUT2D eigenvalue weighted by atomic mass is 127. The van der Waals surface area contributed by atoms with Crippen LogP contribution in [0.2, 0.25) is 0 Å². The monoisotopic (exact) mass is 608 g/mol. The number of aliphatic hydroxyl groups is 1. The average Bonchev–Trinajstić information content (AvgIpc) is 2.26. The Bertz CT molecular complexity index is 274. The Morgan fingerprint density at radius 2 is 1.74 bits per heavy atom. The van der Waals surface area contributed by atoms with E-state index in [1.807, 2.05) is 29.6 Å². The molecule has 0 amide bonds. The number of hydrogen-bond acceptors (Lipinski definition) is 5. The second kappa shape index (κ2) is 12.0. The van der Waals surface area contributed by atoms with E-state index in [0.717, 1.165) is 25.8 Å². The minimum atomic E-state index is -0.585. The molecule has 2 unspecified atom stereocenters. The van der Waals surface area contributed by atoms with Gasteiger partial charge in [0.05, 0.1) is 13.1 Å². The second-order valence-electron chi connectivity index (χ2n) is 4.15. The van der Waals surface area contributed by atoms with Gasteiger partial charge in [0.15, 0.2) is 0 Å². The number of nitrogens with one attached hydrogen (secondary N) is 1. The minimum Gasteiger partial charge on any atom is -0.381 e. The lowest BCUT2D eigenvalue weighted by Gasteiger charge is -2.31. The van der Waals surface area contributed by atoms with Crippen LogP contribution in [0.1, 0.15) is 19.3 Å². The number of nitrogens with zero attached hydrogens (tertiary/aromatic N) is 1. The van der Waals surface area contributed by atoms with E-state index in [-0.39, 0.29) is 26.7 Å². The standard InChI is InChI=1S/C11H19I3N2O3/c1-15-5-3-2-4-8(11(14)19)16(6-9(12)17)7-10(13)18/h8,11,15,19H,2-7H2,1H3. The lowest BCUT2D eigenvalue weighted by Crippen LogP contribution is -2.45. The van der Waals surface area contributed by atoms with Crippen molar-refractivity contribution in [2.45, 2.75) is 29.4 Å². The summed E-state index contributed by atoms with van der Waals surface area (Å²) in [6, 6.07) is -0.158. The van der Waals surface area contributed by atoms with E-state index in [0.29, 0.717) is 0 Å². The summed E-state index contributed by atoms with van der Waals surface area (Å²) in [5.41, 5.74) is 0. The van der Waals surface area contributed by atoms with Crippen LogP contribution in [0.4, 0.5) is 0 Å². The molecule has 0 aromatic rings. The van der Waals surface area contributed by atoms with Crippen molar-refractivity contribution in [1.82, 2.24) is 10.2 Å². The van der Waals surface area contributed by atoms with Crippen molar-refractivity contribution in [1.29, 1.82) is 0 Å². The van der Waals surface area contributed by atoms with Crippen LogP contribution in [-0.4, -0.2) is 54.4 Å². The average molecular weight is 608 g/mol. The van der Waals surface area contributed by atoms with E-state index >= 15 is 0 Å². The zero-order valence-corrected chi connectivity index (χ0v) is 17.2. The summed E-state index contributed by atoms with van der Waals surface area (Å²) in [5.74, 6) is 0. The van der Waals surface area contributed by atoms with E-state index in [4.69, 9.17) is 0 Å². The highest BCUT2D eigenvalue weighted by Gasteiger charge is 2.26. The van der Waals surface area contributed by atoms with Crippen LogP contribution in [-0.2, 0) is 9.59 Å². The number of carbonyl (C=O) groups is 2. The van der Waals surface area contributed by atoms with Crippen LogP contribution >= 0.6 is 67.8 Å². The number of carbonyl (C=O) groups excluding carboxylic acids is 2. The van der Waals surface area contributed by atoms with Crippen molar-refractivity contribution in [3.05, 3.63) is 0 Å². The first kappa shape index (κ1) is 20.4. The highest BCUT2D eigenvalue weighted by molar-refractivity contribution is 14.1. The maximum atomic E-state index is 11.3. The van der Waals surface area contributed by atoms with Crippen LogP contribution in [0.25, 0.3) is 0 Å². The van der Waals surface area contributed by atoms with Gasteiger partial charge in [0.25, 0.3) is 0 Å². The second-order valence-corrected chi connectivity index (χ2v) is 7.84. The Morgan fingerprint density at radius 3 is 2.11 bits per heavy atom. The molecule has 0 heterocycles. The van der Waals surface area contributed by atoms with Crippen molar-refractivity contribution >= 4 is 75.4 Å². The van der Waals surface area contributed by atoms with Crippen molar-refractivity contribution in [2.24, 2.45) is 0 Å². The van der Waals surface area contributed by atoms with Crippen LogP contribution < -0.4 is 5.32 Å². The molecule has 112 valence electrons. The number of aliphatic hydroxyl groups excluding tert-OH is 1. The van der Waals surface area contributed by atoms with Gasteiger partial charge in [-0.1, -0.05) is 6.42 Å². The molecule has 0 rings (SSSR count). The summed E-state index contributed by atoms with van der Waals surface area (Å²) in [6.45, 7) is 1.33. The lowest BCUT2D eigenvalue weighted by molar-refractivity contribution is -0.114. The zero-order chi connectivity index (χ0) is 14.8. The van der Waals surface area contributed by atoms with E-state index in [1.165, 1.54) is 0 Å². The largest absolute Gasteiger partial charge is 0.381 e. The molecule has 0 aliphatic rings. The number of unbranched alkanes of at least 4 members (excludes halogenated alkanes) is 1. The van der Waals surface area contributed by atoms with Gasteiger partial charge in [0.1, 0.15) is 4.11 Å². The first-order chi connectivity index (χ1) is 8.88. The fourth-order valence-electron chi connectivity index (χ4n) is 1.76. The number of alkyl halides is 1. The SMILES string of the molecule is CNCCCCC(C(O)I)N(CC(=O)I)CC(=O)I. The van der Waals surface area contributed by atoms with Crippen LogP contribution in [0.5, 0.6) is 0 Å². The summed E-state index contributed by atoms with van der Waals surface area (Å²) >= 11 is 5.39. The van der Waals surface area contributed by atoms with Gasteiger partial charge < -0.3 is 10.4 Å². The first-order valence-corrected chi connectivity index (χ1v) is 9.36. The van der Waals surface area contributed by atoms with Crippen molar-refractivity contribution < 1.29 is 14.7 Å². The maximum absolute atomic E-state index is 11.3. The molecule has 0 bridgehead atoms. The van der Waals surface area contributed by atoms with Gasteiger partial charge in [-0.25, -0.2) is 0 Å². The number of hydrogen-bond donors (Lipinski definition) is 2. The Kier molecular flexibility index (Phi) is 12.9. The Hall–Kier alpha value is 1.41. The lowest BCUT2D eigenvalue weighted by atomic mass is 10.1. The normalized spacial score (nSPS) is 14.4. The summed E-state index contributed by atoms with van der Waals surface area (Å²) in [5, 5.41) is 12.9. The molecule has 0 spiro atoms. The van der Waals surface area contributed by atoms with E-state index in [2.05, 4.69) is 5.32 Å². The topological polar surface area (TPSA) is 69.6 Å². The van der Waals surface area contributed by atoms with Gasteiger partial charge in [-0.15, -0.1) is 0 Å². The van der Waals surface area contributed by atoms with Gasteiger partial charge >= 0.3 is 0 Å². The molecule has 0 aromatic heterocycles. The maximum Gasteiger partial charge on any atom is 0.206 e. The molecular formula is C11H19I3N2O3. The van der Waals surface area contributed by atoms with Gasteiger partial charge in [-0.3, -0.25) is 14.5 Å². The van der Waals surface area contributed by atoms with Crippen LogP contribution in [0, 0.1) is 0 Å².